The fourth-order valence-electron chi connectivity index (χ4n) is 2.43. The van der Waals surface area contributed by atoms with E-state index in [0.29, 0.717) is 6.54 Å². The molecule has 1 aromatic heterocycles. The van der Waals surface area contributed by atoms with Crippen LogP contribution in [0.25, 0.3) is 0 Å². The SMILES string of the molecule is Cc1nc(NCc2ccccc2Cl)cc(N(C)c2ccccc2)n1. The van der Waals surface area contributed by atoms with E-state index in [9.17, 15) is 0 Å². The first-order chi connectivity index (χ1) is 11.6. The van der Waals surface area contributed by atoms with Crippen molar-refractivity contribution in [1.82, 2.24) is 9.97 Å². The standard InChI is InChI=1S/C19H19ClN4/c1-14-22-18(21-13-15-8-6-7-11-17(15)20)12-19(23-14)24(2)16-9-4-3-5-10-16/h3-12H,13H2,1-2H3,(H,21,22,23). The lowest BCUT2D eigenvalue weighted by Gasteiger charge is -2.19. The van der Waals surface area contributed by atoms with E-state index in [4.69, 9.17) is 11.6 Å². The molecule has 0 atom stereocenters. The second-order valence-electron chi connectivity index (χ2n) is 5.50. The van der Waals surface area contributed by atoms with Crippen molar-refractivity contribution in [2.45, 2.75) is 13.5 Å². The molecule has 1 N–H and O–H groups in total. The summed E-state index contributed by atoms with van der Waals surface area (Å²) in [5.41, 5.74) is 2.11. The highest BCUT2D eigenvalue weighted by Gasteiger charge is 2.09. The lowest BCUT2D eigenvalue weighted by atomic mass is 10.2. The third kappa shape index (κ3) is 3.84. The van der Waals surface area contributed by atoms with Crippen molar-refractivity contribution < 1.29 is 0 Å². The van der Waals surface area contributed by atoms with Gasteiger partial charge in [0.1, 0.15) is 17.5 Å². The second kappa shape index (κ2) is 7.32. The van der Waals surface area contributed by atoms with Crippen LogP contribution in [0, 0.1) is 6.92 Å². The first kappa shape index (κ1) is 16.3. The molecule has 0 aliphatic rings. The molecule has 0 spiro atoms. The van der Waals surface area contributed by atoms with Crippen molar-refractivity contribution in [2.75, 3.05) is 17.3 Å². The number of nitrogens with one attached hydrogen (secondary N) is 1. The van der Waals surface area contributed by atoms with Crippen LogP contribution in [0.15, 0.2) is 60.7 Å². The normalized spacial score (nSPS) is 10.5. The van der Waals surface area contributed by atoms with Crippen molar-refractivity contribution in [1.29, 1.82) is 0 Å². The number of hydrogen-bond donors (Lipinski definition) is 1. The summed E-state index contributed by atoms with van der Waals surface area (Å²) >= 11 is 6.20. The average Bonchev–Trinajstić information content (AvgIpc) is 2.61. The zero-order valence-electron chi connectivity index (χ0n) is 13.7. The number of aromatic nitrogens is 2. The molecule has 0 radical (unpaired) electrons. The van der Waals surface area contributed by atoms with Gasteiger partial charge in [-0.2, -0.15) is 0 Å². The zero-order valence-corrected chi connectivity index (χ0v) is 14.5. The van der Waals surface area contributed by atoms with Crippen molar-refractivity contribution in [3.05, 3.63) is 77.1 Å². The van der Waals surface area contributed by atoms with E-state index >= 15 is 0 Å². The van der Waals surface area contributed by atoms with Crippen molar-refractivity contribution in [3.63, 3.8) is 0 Å². The lowest BCUT2D eigenvalue weighted by Crippen LogP contribution is -2.13. The molecule has 2 aromatic carbocycles. The molecule has 0 aliphatic carbocycles. The Kier molecular flexibility index (Phi) is 4.96. The second-order valence-corrected chi connectivity index (χ2v) is 5.91. The van der Waals surface area contributed by atoms with Gasteiger partial charge >= 0.3 is 0 Å². The van der Waals surface area contributed by atoms with Crippen molar-refractivity contribution in [3.8, 4) is 0 Å². The molecule has 0 fully saturated rings. The molecule has 0 aliphatic heterocycles. The first-order valence-corrected chi connectivity index (χ1v) is 8.13. The van der Waals surface area contributed by atoms with Crippen LogP contribution in [0.4, 0.5) is 17.3 Å². The molecule has 3 aromatic rings. The van der Waals surface area contributed by atoms with Gasteiger partial charge in [0.05, 0.1) is 0 Å². The van der Waals surface area contributed by atoms with Crippen LogP contribution >= 0.6 is 11.6 Å². The summed E-state index contributed by atoms with van der Waals surface area (Å²) in [5.74, 6) is 2.34. The first-order valence-electron chi connectivity index (χ1n) is 7.75. The largest absolute Gasteiger partial charge is 0.366 e. The Bertz CT molecular complexity index is 821. The van der Waals surface area contributed by atoms with Gasteiger partial charge < -0.3 is 10.2 Å². The molecule has 24 heavy (non-hydrogen) atoms. The molecule has 5 heteroatoms. The summed E-state index contributed by atoms with van der Waals surface area (Å²) in [6, 6.07) is 19.8. The number of rotatable bonds is 5. The van der Waals surface area contributed by atoms with E-state index < -0.39 is 0 Å². The molecular formula is C19H19ClN4. The third-order valence-electron chi connectivity index (χ3n) is 3.73. The number of anilines is 3. The summed E-state index contributed by atoms with van der Waals surface area (Å²) in [7, 11) is 1.99. The molecule has 4 nitrogen and oxygen atoms in total. The summed E-state index contributed by atoms with van der Waals surface area (Å²) in [5, 5.41) is 4.07. The van der Waals surface area contributed by atoms with E-state index in [1.807, 2.05) is 79.5 Å². The fourth-order valence-corrected chi connectivity index (χ4v) is 2.63. The summed E-state index contributed by atoms with van der Waals surface area (Å²) < 4.78 is 0. The predicted molar refractivity (Wildman–Crippen MR) is 100 cm³/mol. The van der Waals surface area contributed by atoms with E-state index in [1.165, 1.54) is 0 Å². The number of nitrogens with zero attached hydrogens (tertiary/aromatic N) is 3. The highest BCUT2D eigenvalue weighted by atomic mass is 35.5. The van der Waals surface area contributed by atoms with Gasteiger partial charge in [-0.05, 0) is 30.7 Å². The molecule has 0 saturated carbocycles. The summed E-state index contributed by atoms with van der Waals surface area (Å²) in [6.45, 7) is 2.51. The molecular weight excluding hydrogens is 320 g/mol. The van der Waals surface area contributed by atoms with Gasteiger partial charge in [-0.1, -0.05) is 48.0 Å². The highest BCUT2D eigenvalue weighted by molar-refractivity contribution is 6.31. The fraction of sp³-hybridized carbons (Fsp3) is 0.158. The van der Waals surface area contributed by atoms with E-state index in [1.54, 1.807) is 0 Å². The predicted octanol–water partition coefficient (Wildman–Crippen LogP) is 4.82. The maximum Gasteiger partial charge on any atom is 0.138 e. The Labute approximate surface area is 147 Å². The number of aryl methyl sites for hydroxylation is 1. The summed E-state index contributed by atoms with van der Waals surface area (Å²) in [6.07, 6.45) is 0. The molecule has 3 rings (SSSR count). The minimum Gasteiger partial charge on any atom is -0.366 e. The summed E-state index contributed by atoms with van der Waals surface area (Å²) in [4.78, 5) is 11.0. The number of halogens is 1. The minimum absolute atomic E-state index is 0.616. The highest BCUT2D eigenvalue weighted by Crippen LogP contribution is 2.24. The Balaban J connectivity index is 1.80. The van der Waals surface area contributed by atoms with Gasteiger partial charge in [-0.25, -0.2) is 9.97 Å². The Morgan fingerprint density at radius 1 is 1.00 bits per heavy atom. The van der Waals surface area contributed by atoms with E-state index in [2.05, 4.69) is 15.3 Å². The van der Waals surface area contributed by atoms with Crippen LogP contribution in [-0.2, 0) is 6.54 Å². The Hall–Kier alpha value is -2.59. The third-order valence-corrected chi connectivity index (χ3v) is 4.10. The monoisotopic (exact) mass is 338 g/mol. The zero-order chi connectivity index (χ0) is 16.9. The van der Waals surface area contributed by atoms with E-state index in [0.717, 1.165) is 33.7 Å². The maximum absolute atomic E-state index is 6.20. The average molecular weight is 339 g/mol. The molecule has 1 heterocycles. The van der Waals surface area contributed by atoms with Gasteiger partial charge in [0.2, 0.25) is 0 Å². The van der Waals surface area contributed by atoms with Crippen LogP contribution < -0.4 is 10.2 Å². The molecule has 0 bridgehead atoms. The van der Waals surface area contributed by atoms with Crippen LogP contribution in [-0.4, -0.2) is 17.0 Å². The van der Waals surface area contributed by atoms with Gasteiger partial charge in [0, 0.05) is 30.4 Å². The quantitative estimate of drug-likeness (QED) is 0.724. The van der Waals surface area contributed by atoms with Crippen LogP contribution in [0.2, 0.25) is 5.02 Å². The minimum atomic E-state index is 0.616. The Morgan fingerprint density at radius 3 is 2.46 bits per heavy atom. The molecule has 0 unspecified atom stereocenters. The topological polar surface area (TPSA) is 41.1 Å². The van der Waals surface area contributed by atoms with Gasteiger partial charge in [0.15, 0.2) is 0 Å². The van der Waals surface area contributed by atoms with Crippen molar-refractivity contribution >= 4 is 28.9 Å². The smallest absolute Gasteiger partial charge is 0.138 e. The molecule has 122 valence electrons. The maximum atomic E-state index is 6.20. The van der Waals surface area contributed by atoms with Crippen LogP contribution in [0.5, 0.6) is 0 Å². The number of para-hydroxylation sites is 1. The van der Waals surface area contributed by atoms with Crippen molar-refractivity contribution in [2.24, 2.45) is 0 Å². The lowest BCUT2D eigenvalue weighted by molar-refractivity contribution is 0.995. The molecule has 0 amide bonds. The van der Waals surface area contributed by atoms with Gasteiger partial charge in [0.25, 0.3) is 0 Å². The Morgan fingerprint density at radius 2 is 1.71 bits per heavy atom. The van der Waals surface area contributed by atoms with Gasteiger partial charge in [-0.15, -0.1) is 0 Å². The van der Waals surface area contributed by atoms with E-state index in [-0.39, 0.29) is 0 Å². The number of benzene rings is 2. The van der Waals surface area contributed by atoms with Gasteiger partial charge in [-0.3, -0.25) is 0 Å². The molecule has 0 saturated heterocycles. The van der Waals surface area contributed by atoms with Crippen LogP contribution in [0.3, 0.4) is 0 Å². The van der Waals surface area contributed by atoms with Crippen LogP contribution in [0.1, 0.15) is 11.4 Å². The number of hydrogen-bond acceptors (Lipinski definition) is 4.